The highest BCUT2D eigenvalue weighted by Gasteiger charge is 2.47. The van der Waals surface area contributed by atoms with Crippen molar-refractivity contribution in [2.75, 3.05) is 14.2 Å². The molecule has 1 saturated carbocycles. The molecular weight excluding hydrogens is 334 g/mol. The fraction of sp³-hybridized carbons (Fsp3) is 0.600. The number of fused-ring (bicyclic) bond motifs is 2. The Morgan fingerprint density at radius 3 is 2.38 bits per heavy atom. The molecule has 2 fully saturated rings. The normalized spacial score (nSPS) is 30.8. The van der Waals surface area contributed by atoms with E-state index in [1.54, 1.807) is 0 Å². The SMILES string of the molecule is COC(CC1CC2CCC(C2C)N1C)(c1cccs1)c1cccs1. The van der Waals surface area contributed by atoms with Crippen LogP contribution in [0.4, 0.5) is 0 Å². The van der Waals surface area contributed by atoms with E-state index < -0.39 is 0 Å². The number of likely N-dealkylation sites (tertiary alicyclic amines) is 1. The van der Waals surface area contributed by atoms with Crippen LogP contribution in [0.1, 0.15) is 42.4 Å². The maximum Gasteiger partial charge on any atom is 0.137 e. The highest BCUT2D eigenvalue weighted by atomic mass is 32.1. The third-order valence-corrected chi connectivity index (χ3v) is 8.59. The summed E-state index contributed by atoms with van der Waals surface area (Å²) in [5.74, 6) is 1.75. The van der Waals surface area contributed by atoms with Gasteiger partial charge in [-0.25, -0.2) is 0 Å². The van der Waals surface area contributed by atoms with E-state index in [-0.39, 0.29) is 5.60 Å². The minimum atomic E-state index is -0.290. The fourth-order valence-corrected chi connectivity index (χ4v) is 7.02. The molecule has 4 unspecified atom stereocenters. The topological polar surface area (TPSA) is 12.5 Å². The Bertz CT molecular complexity index is 617. The Morgan fingerprint density at radius 2 is 1.83 bits per heavy atom. The van der Waals surface area contributed by atoms with Gasteiger partial charge in [-0.05, 0) is 61.0 Å². The quantitative estimate of drug-likeness (QED) is 0.725. The van der Waals surface area contributed by atoms with Crippen LogP contribution in [0, 0.1) is 11.8 Å². The van der Waals surface area contributed by atoms with Crippen molar-refractivity contribution in [1.82, 2.24) is 4.90 Å². The molecule has 4 heteroatoms. The van der Waals surface area contributed by atoms with Gasteiger partial charge in [0.25, 0.3) is 0 Å². The monoisotopic (exact) mass is 361 g/mol. The van der Waals surface area contributed by atoms with Crippen molar-refractivity contribution in [2.24, 2.45) is 11.8 Å². The van der Waals surface area contributed by atoms with Gasteiger partial charge < -0.3 is 9.64 Å². The maximum absolute atomic E-state index is 6.29. The van der Waals surface area contributed by atoms with Gasteiger partial charge in [0.2, 0.25) is 0 Å². The van der Waals surface area contributed by atoms with E-state index in [0.29, 0.717) is 6.04 Å². The molecule has 1 aliphatic heterocycles. The first-order valence-corrected chi connectivity index (χ1v) is 10.8. The van der Waals surface area contributed by atoms with Gasteiger partial charge in [-0.1, -0.05) is 19.1 Å². The largest absolute Gasteiger partial charge is 0.367 e. The summed E-state index contributed by atoms with van der Waals surface area (Å²) < 4.78 is 6.29. The zero-order valence-electron chi connectivity index (χ0n) is 14.8. The lowest BCUT2D eigenvalue weighted by Gasteiger charge is -2.45. The predicted octanol–water partition coefficient (Wildman–Crippen LogP) is 5.21. The summed E-state index contributed by atoms with van der Waals surface area (Å²) in [5.41, 5.74) is -0.290. The second-order valence-electron chi connectivity index (χ2n) is 7.51. The molecule has 0 N–H and O–H groups in total. The molecule has 3 heterocycles. The second-order valence-corrected chi connectivity index (χ2v) is 9.40. The van der Waals surface area contributed by atoms with Crippen LogP contribution in [0.3, 0.4) is 0 Å². The highest BCUT2D eigenvalue weighted by Crippen LogP contribution is 2.49. The predicted molar refractivity (Wildman–Crippen MR) is 103 cm³/mol. The number of methoxy groups -OCH3 is 1. The summed E-state index contributed by atoms with van der Waals surface area (Å²) in [7, 11) is 4.23. The van der Waals surface area contributed by atoms with E-state index in [0.717, 1.165) is 24.3 Å². The van der Waals surface area contributed by atoms with Gasteiger partial charge >= 0.3 is 0 Å². The summed E-state index contributed by atoms with van der Waals surface area (Å²) in [6.45, 7) is 2.46. The number of hydrogen-bond acceptors (Lipinski definition) is 4. The first-order valence-electron chi connectivity index (χ1n) is 9.01. The Morgan fingerprint density at radius 1 is 1.17 bits per heavy atom. The van der Waals surface area contributed by atoms with E-state index in [9.17, 15) is 0 Å². The van der Waals surface area contributed by atoms with Gasteiger partial charge in [0, 0.05) is 35.4 Å². The van der Waals surface area contributed by atoms with Gasteiger partial charge in [0.1, 0.15) is 5.60 Å². The summed E-state index contributed by atoms with van der Waals surface area (Å²) in [5, 5.41) is 4.35. The molecule has 4 rings (SSSR count). The van der Waals surface area contributed by atoms with Crippen LogP contribution in [-0.2, 0) is 10.3 Å². The molecule has 2 bridgehead atoms. The van der Waals surface area contributed by atoms with Gasteiger partial charge in [-0.2, -0.15) is 0 Å². The third kappa shape index (κ3) is 2.59. The zero-order valence-corrected chi connectivity index (χ0v) is 16.4. The van der Waals surface area contributed by atoms with Crippen molar-refractivity contribution in [3.63, 3.8) is 0 Å². The van der Waals surface area contributed by atoms with Crippen LogP contribution >= 0.6 is 22.7 Å². The van der Waals surface area contributed by atoms with Crippen molar-refractivity contribution < 1.29 is 4.74 Å². The Labute approximate surface area is 153 Å². The number of piperidine rings is 1. The number of rotatable bonds is 5. The van der Waals surface area contributed by atoms with Crippen molar-refractivity contribution in [1.29, 1.82) is 0 Å². The minimum Gasteiger partial charge on any atom is -0.367 e. The number of ether oxygens (including phenoxy) is 1. The van der Waals surface area contributed by atoms with Crippen LogP contribution in [0.15, 0.2) is 35.0 Å². The van der Waals surface area contributed by atoms with Crippen LogP contribution < -0.4 is 0 Å². The van der Waals surface area contributed by atoms with E-state index in [1.165, 1.54) is 29.0 Å². The number of nitrogens with zero attached hydrogens (tertiary/aromatic N) is 1. The molecule has 4 atom stereocenters. The standard InChI is InChI=1S/C20H27NOS2/c1-14-15-8-9-17(14)21(2)16(12-15)13-20(22-3,18-6-4-10-23-18)19-7-5-11-24-19/h4-7,10-11,14-17H,8-9,12-13H2,1-3H3. The second kappa shape index (κ2) is 6.56. The van der Waals surface area contributed by atoms with E-state index >= 15 is 0 Å². The first kappa shape index (κ1) is 16.8. The van der Waals surface area contributed by atoms with E-state index in [4.69, 9.17) is 4.74 Å². The van der Waals surface area contributed by atoms with E-state index in [1.807, 2.05) is 29.8 Å². The van der Waals surface area contributed by atoms with Crippen LogP contribution in [0.5, 0.6) is 0 Å². The molecule has 0 radical (unpaired) electrons. The Balaban J connectivity index is 1.68. The van der Waals surface area contributed by atoms with Crippen molar-refractivity contribution >= 4 is 22.7 Å². The summed E-state index contributed by atoms with van der Waals surface area (Å²) in [4.78, 5) is 5.35. The van der Waals surface area contributed by atoms with Crippen molar-refractivity contribution in [3.05, 3.63) is 44.8 Å². The molecule has 2 aliphatic rings. The smallest absolute Gasteiger partial charge is 0.137 e. The van der Waals surface area contributed by atoms with Gasteiger partial charge in [0.05, 0.1) is 0 Å². The Hall–Kier alpha value is -0.680. The molecule has 0 amide bonds. The Kier molecular flexibility index (Phi) is 4.59. The average molecular weight is 362 g/mol. The lowest BCUT2D eigenvalue weighted by Crippen LogP contribution is -2.50. The summed E-state index contributed by atoms with van der Waals surface area (Å²) in [6, 6.07) is 10.1. The molecule has 2 aromatic heterocycles. The minimum absolute atomic E-state index is 0.290. The highest BCUT2D eigenvalue weighted by molar-refractivity contribution is 7.11. The molecular formula is C20H27NOS2. The van der Waals surface area contributed by atoms with Gasteiger partial charge in [-0.15, -0.1) is 22.7 Å². The third-order valence-electron chi connectivity index (χ3n) is 6.57. The van der Waals surface area contributed by atoms with E-state index in [2.05, 4.69) is 53.9 Å². The van der Waals surface area contributed by atoms with Crippen molar-refractivity contribution in [2.45, 2.75) is 50.3 Å². The maximum atomic E-state index is 6.29. The molecule has 24 heavy (non-hydrogen) atoms. The number of thiophene rings is 2. The fourth-order valence-electron chi connectivity index (χ4n) is 5.10. The molecule has 2 aromatic rings. The molecule has 1 aliphatic carbocycles. The molecule has 0 spiro atoms. The molecule has 0 aromatic carbocycles. The van der Waals surface area contributed by atoms with Crippen LogP contribution in [-0.4, -0.2) is 31.1 Å². The molecule has 1 saturated heterocycles. The summed E-state index contributed by atoms with van der Waals surface area (Å²) >= 11 is 3.65. The van der Waals surface area contributed by atoms with Gasteiger partial charge in [-0.3, -0.25) is 0 Å². The van der Waals surface area contributed by atoms with Gasteiger partial charge in [0.15, 0.2) is 0 Å². The first-order chi connectivity index (χ1) is 11.7. The average Bonchev–Trinajstić information content (AvgIpc) is 3.32. The van der Waals surface area contributed by atoms with Crippen LogP contribution in [0.2, 0.25) is 0 Å². The zero-order chi connectivity index (χ0) is 16.7. The number of hydrogen-bond donors (Lipinski definition) is 0. The van der Waals surface area contributed by atoms with Crippen molar-refractivity contribution in [3.8, 4) is 0 Å². The molecule has 130 valence electrons. The molecule has 2 nitrogen and oxygen atoms in total. The lowest BCUT2D eigenvalue weighted by atomic mass is 9.79. The summed E-state index contributed by atoms with van der Waals surface area (Å²) in [6.07, 6.45) is 5.15. The van der Waals surface area contributed by atoms with Crippen LogP contribution in [0.25, 0.3) is 0 Å². The lowest BCUT2D eigenvalue weighted by molar-refractivity contribution is -0.0258.